The average molecular weight is 322 g/mol. The van der Waals surface area contributed by atoms with E-state index in [-0.39, 0.29) is 18.2 Å². The van der Waals surface area contributed by atoms with Gasteiger partial charge in [-0.05, 0) is 17.7 Å². The van der Waals surface area contributed by atoms with E-state index in [1.807, 2.05) is 36.4 Å². The van der Waals surface area contributed by atoms with Crippen LogP contribution in [-0.2, 0) is 5.75 Å². The molecule has 0 aromatic heterocycles. The molecular formula is C15H16ClN3OS. The second-order valence-electron chi connectivity index (χ2n) is 4.06. The minimum atomic E-state index is 0. The monoisotopic (exact) mass is 321 g/mol. The van der Waals surface area contributed by atoms with Gasteiger partial charge < -0.3 is 23.2 Å². The van der Waals surface area contributed by atoms with E-state index in [4.69, 9.17) is 5.73 Å². The molecule has 0 aliphatic rings. The van der Waals surface area contributed by atoms with Crippen molar-refractivity contribution in [3.05, 3.63) is 65.7 Å². The Balaban J connectivity index is 0.00000220. The van der Waals surface area contributed by atoms with Crippen molar-refractivity contribution in [1.82, 2.24) is 0 Å². The molecule has 21 heavy (non-hydrogen) atoms. The highest BCUT2D eigenvalue weighted by atomic mass is 35.5. The third kappa shape index (κ3) is 5.89. The molecule has 0 amide bonds. The Morgan fingerprint density at radius 3 is 2.52 bits per heavy atom. The average Bonchev–Trinajstić information content (AvgIpc) is 2.48. The van der Waals surface area contributed by atoms with Crippen molar-refractivity contribution in [2.45, 2.75) is 5.75 Å². The summed E-state index contributed by atoms with van der Waals surface area (Å²) in [5.74, 6) is 0.972. The number of nitrogens with zero attached hydrogens (tertiary/aromatic N) is 1. The van der Waals surface area contributed by atoms with Crippen LogP contribution in [0.15, 0.2) is 59.7 Å². The van der Waals surface area contributed by atoms with Crippen LogP contribution >= 0.6 is 11.8 Å². The van der Waals surface area contributed by atoms with Crippen LogP contribution in [0, 0.1) is 0 Å². The number of halogens is 1. The molecule has 4 N–H and O–H groups in total. The first-order valence-corrected chi connectivity index (χ1v) is 7.11. The van der Waals surface area contributed by atoms with E-state index in [1.54, 1.807) is 24.4 Å². The Kier molecular flexibility index (Phi) is 7.36. The van der Waals surface area contributed by atoms with Crippen molar-refractivity contribution in [3.8, 4) is 5.75 Å². The summed E-state index contributed by atoms with van der Waals surface area (Å²) in [5.41, 5.74) is 7.65. The number of hydrogen-bond acceptors (Lipinski definition) is 3. The van der Waals surface area contributed by atoms with Crippen molar-refractivity contribution in [3.63, 3.8) is 0 Å². The molecule has 0 radical (unpaired) electrons. The molecule has 2 aromatic carbocycles. The molecule has 0 aliphatic carbocycles. The normalized spacial score (nSPS) is 11.3. The van der Waals surface area contributed by atoms with Crippen molar-refractivity contribution in [2.75, 3.05) is 0 Å². The topological polar surface area (TPSA) is 72.6 Å². The molecule has 0 aliphatic heterocycles. The maximum absolute atomic E-state index is 9.57. The van der Waals surface area contributed by atoms with E-state index in [2.05, 4.69) is 10.2 Å². The van der Waals surface area contributed by atoms with Crippen molar-refractivity contribution >= 4 is 23.1 Å². The molecule has 2 aromatic rings. The highest BCUT2D eigenvalue weighted by Gasteiger charge is 2.00. The summed E-state index contributed by atoms with van der Waals surface area (Å²) in [6, 6.07) is 17.1. The first kappa shape index (κ1) is 17.1. The summed E-state index contributed by atoms with van der Waals surface area (Å²) < 4.78 is 0. The second-order valence-corrected chi connectivity index (χ2v) is 5.05. The fraction of sp³-hybridized carbons (Fsp3) is 0.0667. The highest BCUT2D eigenvalue weighted by Crippen LogP contribution is 2.12. The first-order chi connectivity index (χ1) is 9.75. The predicted molar refractivity (Wildman–Crippen MR) is 83.6 cm³/mol. The molecule has 0 bridgehead atoms. The first-order valence-electron chi connectivity index (χ1n) is 6.12. The number of para-hydroxylation sites is 1. The molecule has 110 valence electrons. The van der Waals surface area contributed by atoms with Gasteiger partial charge in [-0.1, -0.05) is 54.2 Å². The molecule has 0 saturated carbocycles. The second kappa shape index (κ2) is 9.05. The number of nitrogens with two attached hydrogens (primary N) is 1. The molecule has 4 nitrogen and oxygen atoms in total. The van der Waals surface area contributed by atoms with Crippen LogP contribution in [0.4, 0.5) is 0 Å². The summed E-state index contributed by atoms with van der Waals surface area (Å²) in [7, 11) is 0. The zero-order valence-corrected chi connectivity index (χ0v) is 12.8. The number of phenols is 1. The Morgan fingerprint density at radius 2 is 1.81 bits per heavy atom. The lowest BCUT2D eigenvalue weighted by Gasteiger charge is -1.97. The van der Waals surface area contributed by atoms with Gasteiger partial charge in [0.2, 0.25) is 11.4 Å². The van der Waals surface area contributed by atoms with Gasteiger partial charge in [0.15, 0.2) is 0 Å². The van der Waals surface area contributed by atoms with Gasteiger partial charge in [-0.25, -0.2) is 0 Å². The number of hydrazone groups is 1. The lowest BCUT2D eigenvalue weighted by Crippen LogP contribution is -3.00. The molecule has 0 saturated heterocycles. The maximum Gasteiger partial charge on any atom is 0.226 e. The van der Waals surface area contributed by atoms with E-state index >= 15 is 0 Å². The lowest BCUT2D eigenvalue weighted by molar-refractivity contribution is -0.456. The Bertz CT molecular complexity index is 617. The van der Waals surface area contributed by atoms with Crippen LogP contribution in [0.1, 0.15) is 11.1 Å². The minimum Gasteiger partial charge on any atom is -1.00 e. The van der Waals surface area contributed by atoms with E-state index < -0.39 is 0 Å². The number of benzene rings is 2. The van der Waals surface area contributed by atoms with E-state index in [9.17, 15) is 5.11 Å². The van der Waals surface area contributed by atoms with Crippen LogP contribution in [0.5, 0.6) is 5.75 Å². The SMILES string of the molecule is N/C(=N/[NH+]=C/c1ccccc1O)SCc1ccccc1.[Cl-]. The summed E-state index contributed by atoms with van der Waals surface area (Å²) in [5, 5.41) is 16.8. The molecule has 2 rings (SSSR count). The number of phenolic OH excluding ortho intramolecular Hbond substituents is 1. The van der Waals surface area contributed by atoms with Gasteiger partial charge in [0.25, 0.3) is 0 Å². The zero-order chi connectivity index (χ0) is 14.2. The molecular weight excluding hydrogens is 306 g/mol. The number of aromatic hydroxyl groups is 1. The summed E-state index contributed by atoms with van der Waals surface area (Å²) in [4.78, 5) is 0. The van der Waals surface area contributed by atoms with Gasteiger partial charge in [0.05, 0.1) is 5.56 Å². The summed E-state index contributed by atoms with van der Waals surface area (Å²) in [6.45, 7) is 0. The third-order valence-electron chi connectivity index (χ3n) is 2.56. The largest absolute Gasteiger partial charge is 1.00 e. The summed E-state index contributed by atoms with van der Waals surface area (Å²) in [6.07, 6.45) is 1.60. The van der Waals surface area contributed by atoms with Crippen LogP contribution in [-0.4, -0.2) is 16.5 Å². The molecule has 0 atom stereocenters. The van der Waals surface area contributed by atoms with Gasteiger partial charge in [-0.2, -0.15) is 0 Å². The molecule has 0 spiro atoms. The Labute approximate surface area is 134 Å². The number of rotatable bonds is 4. The van der Waals surface area contributed by atoms with Crippen molar-refractivity contribution in [1.29, 1.82) is 0 Å². The van der Waals surface area contributed by atoms with Crippen LogP contribution in [0.3, 0.4) is 0 Å². The van der Waals surface area contributed by atoms with Gasteiger partial charge in [0, 0.05) is 10.9 Å². The van der Waals surface area contributed by atoms with Gasteiger partial charge >= 0.3 is 0 Å². The quantitative estimate of drug-likeness (QED) is 0.348. The Hall–Kier alpha value is -1.98. The Morgan fingerprint density at radius 1 is 1.14 bits per heavy atom. The van der Waals surface area contributed by atoms with E-state index in [0.717, 1.165) is 5.75 Å². The van der Waals surface area contributed by atoms with E-state index in [1.165, 1.54) is 17.3 Å². The minimum absolute atomic E-state index is 0. The van der Waals surface area contributed by atoms with Gasteiger partial charge in [0.1, 0.15) is 5.75 Å². The fourth-order valence-corrected chi connectivity index (χ4v) is 2.16. The molecule has 0 unspecified atom stereocenters. The number of thioether (sulfide) groups is 1. The molecule has 0 fully saturated rings. The van der Waals surface area contributed by atoms with Crippen LogP contribution in [0.25, 0.3) is 0 Å². The fourth-order valence-electron chi connectivity index (χ4n) is 1.54. The van der Waals surface area contributed by atoms with E-state index in [0.29, 0.717) is 10.7 Å². The standard InChI is InChI=1S/C15H15N3OS.ClH/c16-15(20-11-12-6-2-1-3-7-12)18-17-10-13-8-4-5-9-14(13)19;/h1-10,19H,11H2,(H2,16,18);1H/b17-10+;. The number of amidine groups is 1. The van der Waals surface area contributed by atoms with Gasteiger partial charge in [-0.15, -0.1) is 5.10 Å². The van der Waals surface area contributed by atoms with Crippen molar-refractivity contribution < 1.29 is 22.6 Å². The third-order valence-corrected chi connectivity index (χ3v) is 3.43. The highest BCUT2D eigenvalue weighted by molar-refractivity contribution is 8.13. The maximum atomic E-state index is 9.57. The zero-order valence-electron chi connectivity index (χ0n) is 11.2. The molecule has 0 heterocycles. The van der Waals surface area contributed by atoms with Gasteiger partial charge in [-0.3, -0.25) is 0 Å². The molecule has 6 heteroatoms. The smallest absolute Gasteiger partial charge is 0.226 e. The predicted octanol–water partition coefficient (Wildman–Crippen LogP) is -1.94. The number of nitrogens with one attached hydrogen (secondary N) is 1. The number of hydrogen-bond donors (Lipinski definition) is 3. The van der Waals surface area contributed by atoms with Crippen molar-refractivity contribution in [2.24, 2.45) is 10.8 Å². The van der Waals surface area contributed by atoms with Crippen LogP contribution in [0.2, 0.25) is 0 Å². The lowest BCUT2D eigenvalue weighted by atomic mass is 10.2. The van der Waals surface area contributed by atoms with Crippen LogP contribution < -0.4 is 23.2 Å². The summed E-state index contributed by atoms with van der Waals surface area (Å²) >= 11 is 1.45.